The van der Waals surface area contributed by atoms with Gasteiger partial charge in [-0.05, 0) is 18.6 Å². The van der Waals surface area contributed by atoms with Gasteiger partial charge >= 0.3 is 0 Å². The molecule has 4 nitrogen and oxygen atoms in total. The second-order valence-corrected chi connectivity index (χ2v) is 4.28. The van der Waals surface area contributed by atoms with E-state index in [2.05, 4.69) is 10.5 Å². The molecule has 0 saturated carbocycles. The van der Waals surface area contributed by atoms with E-state index in [1.807, 2.05) is 43.3 Å². The molecule has 19 heavy (non-hydrogen) atoms. The van der Waals surface area contributed by atoms with Crippen LogP contribution in [0.2, 0.25) is 0 Å². The van der Waals surface area contributed by atoms with E-state index in [4.69, 9.17) is 4.84 Å². The fourth-order valence-electron chi connectivity index (χ4n) is 1.92. The van der Waals surface area contributed by atoms with Gasteiger partial charge in [-0.25, -0.2) is 4.99 Å². The van der Waals surface area contributed by atoms with Gasteiger partial charge in [0, 0.05) is 5.56 Å². The van der Waals surface area contributed by atoms with Gasteiger partial charge in [-0.15, -0.1) is 0 Å². The molecule has 1 aliphatic rings. The van der Waals surface area contributed by atoms with Crippen molar-refractivity contribution in [3.05, 3.63) is 59.7 Å². The van der Waals surface area contributed by atoms with Crippen molar-refractivity contribution < 1.29 is 9.63 Å². The Morgan fingerprint density at radius 2 is 1.89 bits per heavy atom. The van der Waals surface area contributed by atoms with Crippen LogP contribution in [0.15, 0.2) is 53.5 Å². The molecular weight excluding hydrogens is 240 g/mol. The van der Waals surface area contributed by atoms with Gasteiger partial charge in [-0.2, -0.15) is 5.48 Å². The average Bonchev–Trinajstić information content (AvgIpc) is 2.47. The molecule has 0 fully saturated rings. The maximum absolute atomic E-state index is 12.2. The number of aryl methyl sites for hydroxylation is 1. The van der Waals surface area contributed by atoms with E-state index in [1.165, 1.54) is 0 Å². The molecule has 0 bridgehead atoms. The molecule has 1 aliphatic heterocycles. The van der Waals surface area contributed by atoms with Crippen LogP contribution < -0.4 is 10.3 Å². The number of ketones is 1. The van der Waals surface area contributed by atoms with Gasteiger partial charge < -0.3 is 4.84 Å². The minimum absolute atomic E-state index is 0.186. The van der Waals surface area contributed by atoms with Crippen molar-refractivity contribution in [2.45, 2.75) is 6.92 Å². The van der Waals surface area contributed by atoms with E-state index in [1.54, 1.807) is 12.1 Å². The van der Waals surface area contributed by atoms with E-state index in [-0.39, 0.29) is 11.6 Å². The molecule has 0 atom stereocenters. The third-order valence-corrected chi connectivity index (χ3v) is 2.93. The van der Waals surface area contributed by atoms with Crippen LogP contribution in [-0.4, -0.2) is 11.6 Å². The summed E-state index contributed by atoms with van der Waals surface area (Å²) in [4.78, 5) is 22.0. The molecule has 4 heteroatoms. The Morgan fingerprint density at radius 3 is 2.68 bits per heavy atom. The quantitative estimate of drug-likeness (QED) is 0.836. The topological polar surface area (TPSA) is 50.7 Å². The number of rotatable bonds is 2. The minimum Gasteiger partial charge on any atom is -0.378 e. The molecule has 2 aromatic carbocycles. The standard InChI is InChI=1S/C15H12N2O2/c1-10-6-5-9-12-13(10)16-15(17-19-12)14(18)11-7-3-2-4-8-11/h2-9H,1H3,(H,16,17). The van der Waals surface area contributed by atoms with Crippen molar-refractivity contribution in [2.24, 2.45) is 4.99 Å². The number of carbonyl (C=O) groups is 1. The lowest BCUT2D eigenvalue weighted by Gasteiger charge is -2.18. The molecular formula is C15H12N2O2. The number of Topliss-reactive ketones (excluding diaryl/α,β-unsaturated/α-hetero) is 1. The van der Waals surface area contributed by atoms with Crippen LogP contribution in [0.5, 0.6) is 5.75 Å². The number of hydrogen-bond acceptors (Lipinski definition) is 4. The first kappa shape index (κ1) is 11.5. The first-order valence-corrected chi connectivity index (χ1v) is 5.96. The molecule has 0 radical (unpaired) electrons. The van der Waals surface area contributed by atoms with Gasteiger partial charge in [0.15, 0.2) is 5.75 Å². The number of aliphatic imine (C=N–C) groups is 1. The molecule has 0 amide bonds. The molecule has 1 N–H and O–H groups in total. The summed E-state index contributed by atoms with van der Waals surface area (Å²) < 4.78 is 0. The number of amidine groups is 1. The number of hydrogen-bond donors (Lipinski definition) is 1. The van der Waals surface area contributed by atoms with E-state index in [0.717, 1.165) is 5.56 Å². The van der Waals surface area contributed by atoms with Crippen LogP contribution in [-0.2, 0) is 0 Å². The Labute approximate surface area is 110 Å². The van der Waals surface area contributed by atoms with E-state index < -0.39 is 0 Å². The lowest BCUT2D eigenvalue weighted by Crippen LogP contribution is -2.36. The zero-order chi connectivity index (χ0) is 13.2. The van der Waals surface area contributed by atoms with Gasteiger partial charge in [0.2, 0.25) is 11.6 Å². The molecule has 0 aliphatic carbocycles. The fourth-order valence-corrected chi connectivity index (χ4v) is 1.92. The first-order chi connectivity index (χ1) is 9.25. The Kier molecular flexibility index (Phi) is 2.76. The fraction of sp³-hybridized carbons (Fsp3) is 0.0667. The summed E-state index contributed by atoms with van der Waals surface area (Å²) in [6.07, 6.45) is 0. The SMILES string of the molecule is Cc1cccc2c1N=C(C(=O)c1ccccc1)NO2. The maximum Gasteiger partial charge on any atom is 0.230 e. The molecule has 2 aromatic rings. The molecule has 0 spiro atoms. The maximum atomic E-state index is 12.2. The van der Waals surface area contributed by atoms with Crippen LogP contribution >= 0.6 is 0 Å². The van der Waals surface area contributed by atoms with Crippen molar-refractivity contribution in [2.75, 3.05) is 0 Å². The molecule has 0 unspecified atom stereocenters. The third kappa shape index (κ3) is 2.08. The van der Waals surface area contributed by atoms with Crippen molar-refractivity contribution in [3.63, 3.8) is 0 Å². The summed E-state index contributed by atoms with van der Waals surface area (Å²) in [5.74, 6) is 0.645. The van der Waals surface area contributed by atoms with Crippen LogP contribution in [0, 0.1) is 6.92 Å². The highest BCUT2D eigenvalue weighted by molar-refractivity contribution is 6.45. The number of hydroxylamine groups is 1. The number of carbonyl (C=O) groups excluding carboxylic acids is 1. The largest absolute Gasteiger partial charge is 0.378 e. The predicted molar refractivity (Wildman–Crippen MR) is 72.8 cm³/mol. The second kappa shape index (κ2) is 4.57. The first-order valence-electron chi connectivity index (χ1n) is 5.96. The summed E-state index contributed by atoms with van der Waals surface area (Å²) in [5, 5.41) is 0. The summed E-state index contributed by atoms with van der Waals surface area (Å²) in [6.45, 7) is 1.93. The van der Waals surface area contributed by atoms with Crippen LogP contribution in [0.4, 0.5) is 5.69 Å². The van der Waals surface area contributed by atoms with Gasteiger partial charge in [-0.3, -0.25) is 4.79 Å². The number of benzene rings is 2. The Balaban J connectivity index is 2.00. The van der Waals surface area contributed by atoms with Crippen LogP contribution in [0.3, 0.4) is 0 Å². The minimum atomic E-state index is -0.186. The predicted octanol–water partition coefficient (Wildman–Crippen LogP) is 2.80. The number of para-hydroxylation sites is 1. The Hall–Kier alpha value is -2.62. The lowest BCUT2D eigenvalue weighted by atomic mass is 10.1. The van der Waals surface area contributed by atoms with Crippen molar-refractivity contribution in [1.82, 2.24) is 5.48 Å². The Morgan fingerprint density at radius 1 is 1.11 bits per heavy atom. The van der Waals surface area contributed by atoms with Gasteiger partial charge in [-0.1, -0.05) is 42.5 Å². The van der Waals surface area contributed by atoms with Gasteiger partial charge in [0.1, 0.15) is 5.69 Å². The van der Waals surface area contributed by atoms with Crippen molar-refractivity contribution in [1.29, 1.82) is 0 Å². The summed E-state index contributed by atoms with van der Waals surface area (Å²) in [7, 11) is 0. The number of nitrogens with one attached hydrogen (secondary N) is 1. The third-order valence-electron chi connectivity index (χ3n) is 2.93. The highest BCUT2D eigenvalue weighted by Gasteiger charge is 2.20. The summed E-state index contributed by atoms with van der Waals surface area (Å²) >= 11 is 0. The van der Waals surface area contributed by atoms with Crippen molar-refractivity contribution in [3.8, 4) is 5.75 Å². The zero-order valence-electron chi connectivity index (χ0n) is 10.4. The average molecular weight is 252 g/mol. The van der Waals surface area contributed by atoms with Gasteiger partial charge in [0.25, 0.3) is 0 Å². The van der Waals surface area contributed by atoms with Gasteiger partial charge in [0.05, 0.1) is 0 Å². The van der Waals surface area contributed by atoms with E-state index >= 15 is 0 Å². The normalized spacial score (nSPS) is 12.8. The second-order valence-electron chi connectivity index (χ2n) is 4.28. The lowest BCUT2D eigenvalue weighted by molar-refractivity contribution is 0.104. The number of fused-ring (bicyclic) bond motifs is 1. The highest BCUT2D eigenvalue weighted by Crippen LogP contribution is 2.32. The smallest absolute Gasteiger partial charge is 0.230 e. The van der Waals surface area contributed by atoms with E-state index in [9.17, 15) is 4.79 Å². The van der Waals surface area contributed by atoms with Crippen LogP contribution in [0.1, 0.15) is 15.9 Å². The van der Waals surface area contributed by atoms with Crippen LogP contribution in [0.25, 0.3) is 0 Å². The molecule has 0 saturated heterocycles. The Bertz CT molecular complexity index is 663. The summed E-state index contributed by atoms with van der Waals surface area (Å²) in [5.41, 5.74) is 4.84. The summed E-state index contributed by atoms with van der Waals surface area (Å²) in [6, 6.07) is 14.6. The zero-order valence-corrected chi connectivity index (χ0v) is 10.4. The number of nitrogens with zero attached hydrogens (tertiary/aromatic N) is 1. The van der Waals surface area contributed by atoms with Crippen molar-refractivity contribution >= 4 is 17.3 Å². The van der Waals surface area contributed by atoms with E-state index in [0.29, 0.717) is 17.0 Å². The molecule has 94 valence electrons. The molecule has 0 aromatic heterocycles. The molecule has 1 heterocycles. The molecule has 3 rings (SSSR count). The highest BCUT2D eigenvalue weighted by atomic mass is 16.7. The monoisotopic (exact) mass is 252 g/mol.